The van der Waals surface area contributed by atoms with Gasteiger partial charge in [0.2, 0.25) is 0 Å². The number of ether oxygens (including phenoxy) is 1. The van der Waals surface area contributed by atoms with Crippen LogP contribution in [0.4, 0.5) is 0 Å². The van der Waals surface area contributed by atoms with Crippen molar-refractivity contribution < 1.29 is 9.53 Å². The standard InChI is InChI=1S/C16H22N2O2/c1-3-18(4-2)10-9-17-16(19)14-11-13-7-5-6-8-15(13)20-12-14/h5-8,11H,3-4,9-10,12H2,1-2H3,(H,17,19). The predicted molar refractivity (Wildman–Crippen MR) is 80.7 cm³/mol. The lowest BCUT2D eigenvalue weighted by Crippen LogP contribution is -2.36. The topological polar surface area (TPSA) is 41.6 Å². The first-order chi connectivity index (χ1) is 9.74. The van der Waals surface area contributed by atoms with E-state index >= 15 is 0 Å². The summed E-state index contributed by atoms with van der Waals surface area (Å²) in [5.74, 6) is 0.804. The second-order valence-electron chi connectivity index (χ2n) is 4.78. The van der Waals surface area contributed by atoms with Crippen molar-refractivity contribution >= 4 is 12.0 Å². The van der Waals surface area contributed by atoms with Gasteiger partial charge in [-0.3, -0.25) is 4.79 Å². The van der Waals surface area contributed by atoms with E-state index in [2.05, 4.69) is 24.1 Å². The lowest BCUT2D eigenvalue weighted by atomic mass is 10.1. The molecule has 1 aliphatic rings. The van der Waals surface area contributed by atoms with E-state index in [1.165, 1.54) is 0 Å². The molecule has 2 rings (SSSR count). The number of hydrogen-bond acceptors (Lipinski definition) is 3. The van der Waals surface area contributed by atoms with Crippen LogP contribution in [0.1, 0.15) is 19.4 Å². The maximum absolute atomic E-state index is 12.1. The minimum Gasteiger partial charge on any atom is -0.488 e. The summed E-state index contributed by atoms with van der Waals surface area (Å²) in [6.07, 6.45) is 1.91. The first-order valence-corrected chi connectivity index (χ1v) is 7.17. The summed E-state index contributed by atoms with van der Waals surface area (Å²) in [5.41, 5.74) is 1.65. The summed E-state index contributed by atoms with van der Waals surface area (Å²) in [4.78, 5) is 14.4. The van der Waals surface area contributed by atoms with Gasteiger partial charge in [-0.15, -0.1) is 0 Å². The molecule has 4 heteroatoms. The fourth-order valence-corrected chi connectivity index (χ4v) is 2.23. The summed E-state index contributed by atoms with van der Waals surface area (Å²) >= 11 is 0. The summed E-state index contributed by atoms with van der Waals surface area (Å²) < 4.78 is 5.59. The van der Waals surface area contributed by atoms with E-state index in [9.17, 15) is 4.79 Å². The molecule has 1 aliphatic heterocycles. The van der Waals surface area contributed by atoms with Gasteiger partial charge in [-0.2, -0.15) is 0 Å². The Morgan fingerprint density at radius 2 is 2.05 bits per heavy atom. The number of carbonyl (C=O) groups excluding carboxylic acids is 1. The third-order valence-corrected chi connectivity index (χ3v) is 3.53. The zero-order valence-electron chi connectivity index (χ0n) is 12.2. The van der Waals surface area contributed by atoms with Crippen LogP contribution in [0, 0.1) is 0 Å². The predicted octanol–water partition coefficient (Wildman–Crippen LogP) is 1.92. The molecule has 1 aromatic rings. The van der Waals surface area contributed by atoms with E-state index in [0.717, 1.165) is 30.9 Å². The van der Waals surface area contributed by atoms with Gasteiger partial charge >= 0.3 is 0 Å². The van der Waals surface area contributed by atoms with E-state index in [1.54, 1.807) is 0 Å². The van der Waals surface area contributed by atoms with Crippen molar-refractivity contribution in [2.45, 2.75) is 13.8 Å². The molecular weight excluding hydrogens is 252 g/mol. The van der Waals surface area contributed by atoms with Gasteiger partial charge in [-0.05, 0) is 25.2 Å². The molecule has 1 N–H and O–H groups in total. The Morgan fingerprint density at radius 1 is 1.30 bits per heavy atom. The average Bonchev–Trinajstić information content (AvgIpc) is 2.51. The fourth-order valence-electron chi connectivity index (χ4n) is 2.23. The SMILES string of the molecule is CCN(CC)CCNC(=O)C1=Cc2ccccc2OC1. The molecular formula is C16H22N2O2. The lowest BCUT2D eigenvalue weighted by Gasteiger charge is -2.20. The molecule has 0 bridgehead atoms. The minimum atomic E-state index is -0.0355. The van der Waals surface area contributed by atoms with Gasteiger partial charge < -0.3 is 15.0 Å². The van der Waals surface area contributed by atoms with Gasteiger partial charge in [0.05, 0.1) is 5.57 Å². The number of hydrogen-bond donors (Lipinski definition) is 1. The van der Waals surface area contributed by atoms with Gasteiger partial charge in [0.1, 0.15) is 12.4 Å². The zero-order valence-corrected chi connectivity index (χ0v) is 12.2. The second kappa shape index (κ2) is 7.10. The molecule has 0 atom stereocenters. The average molecular weight is 274 g/mol. The third kappa shape index (κ3) is 3.61. The van der Waals surface area contributed by atoms with E-state index in [1.807, 2.05) is 30.3 Å². The number of benzene rings is 1. The van der Waals surface area contributed by atoms with Gasteiger partial charge in [0.15, 0.2) is 0 Å². The van der Waals surface area contributed by atoms with Crippen LogP contribution in [0.15, 0.2) is 29.8 Å². The van der Waals surface area contributed by atoms with Crippen LogP contribution in [-0.4, -0.2) is 43.6 Å². The van der Waals surface area contributed by atoms with Crippen molar-refractivity contribution in [2.75, 3.05) is 32.8 Å². The van der Waals surface area contributed by atoms with E-state index in [-0.39, 0.29) is 5.91 Å². The quantitative estimate of drug-likeness (QED) is 0.861. The van der Waals surface area contributed by atoms with Crippen LogP contribution in [0.5, 0.6) is 5.75 Å². The monoisotopic (exact) mass is 274 g/mol. The summed E-state index contributed by atoms with van der Waals surface area (Å²) in [6, 6.07) is 7.75. The molecule has 20 heavy (non-hydrogen) atoms. The smallest absolute Gasteiger partial charge is 0.250 e. The Balaban J connectivity index is 1.89. The normalized spacial score (nSPS) is 13.4. The van der Waals surface area contributed by atoms with Crippen molar-refractivity contribution in [3.8, 4) is 5.75 Å². The molecule has 0 aliphatic carbocycles. The summed E-state index contributed by atoms with van der Waals surface area (Å²) in [6.45, 7) is 8.15. The molecule has 0 saturated carbocycles. The van der Waals surface area contributed by atoms with Crippen molar-refractivity contribution in [3.05, 3.63) is 35.4 Å². The summed E-state index contributed by atoms with van der Waals surface area (Å²) in [5, 5.41) is 2.95. The fraction of sp³-hybridized carbons (Fsp3) is 0.438. The highest BCUT2D eigenvalue weighted by atomic mass is 16.5. The van der Waals surface area contributed by atoms with Crippen LogP contribution < -0.4 is 10.1 Å². The van der Waals surface area contributed by atoms with E-state index in [4.69, 9.17) is 4.74 Å². The van der Waals surface area contributed by atoms with Gasteiger partial charge in [-0.25, -0.2) is 0 Å². The Labute approximate surface area is 120 Å². The molecule has 0 saturated heterocycles. The first-order valence-electron chi connectivity index (χ1n) is 7.17. The van der Waals surface area contributed by atoms with E-state index < -0.39 is 0 Å². The van der Waals surface area contributed by atoms with Gasteiger partial charge in [0, 0.05) is 18.7 Å². The zero-order chi connectivity index (χ0) is 14.4. The number of nitrogens with zero attached hydrogens (tertiary/aromatic N) is 1. The largest absolute Gasteiger partial charge is 0.488 e. The Morgan fingerprint density at radius 3 is 2.80 bits per heavy atom. The number of nitrogens with one attached hydrogen (secondary N) is 1. The van der Waals surface area contributed by atoms with E-state index in [0.29, 0.717) is 18.7 Å². The maximum atomic E-state index is 12.1. The van der Waals surface area contributed by atoms with Crippen LogP contribution in [0.2, 0.25) is 0 Å². The molecule has 1 amide bonds. The van der Waals surface area contributed by atoms with Crippen LogP contribution in [0.25, 0.3) is 6.08 Å². The Kier molecular flexibility index (Phi) is 5.18. The molecule has 0 unspecified atom stereocenters. The number of fused-ring (bicyclic) bond motifs is 1. The van der Waals surface area contributed by atoms with Crippen molar-refractivity contribution in [3.63, 3.8) is 0 Å². The molecule has 0 fully saturated rings. The second-order valence-corrected chi connectivity index (χ2v) is 4.78. The van der Waals surface area contributed by atoms with Crippen molar-refractivity contribution in [1.29, 1.82) is 0 Å². The number of rotatable bonds is 6. The molecule has 1 aromatic carbocycles. The highest BCUT2D eigenvalue weighted by Crippen LogP contribution is 2.25. The number of amides is 1. The van der Waals surface area contributed by atoms with Crippen molar-refractivity contribution in [2.24, 2.45) is 0 Å². The van der Waals surface area contributed by atoms with Gasteiger partial charge in [-0.1, -0.05) is 32.0 Å². The highest BCUT2D eigenvalue weighted by Gasteiger charge is 2.16. The van der Waals surface area contributed by atoms with Crippen LogP contribution in [0.3, 0.4) is 0 Å². The van der Waals surface area contributed by atoms with Crippen LogP contribution >= 0.6 is 0 Å². The third-order valence-electron chi connectivity index (χ3n) is 3.53. The maximum Gasteiger partial charge on any atom is 0.250 e. The molecule has 4 nitrogen and oxygen atoms in total. The minimum absolute atomic E-state index is 0.0355. The molecule has 1 heterocycles. The van der Waals surface area contributed by atoms with Crippen LogP contribution in [-0.2, 0) is 4.79 Å². The molecule has 0 spiro atoms. The molecule has 0 radical (unpaired) electrons. The number of carbonyl (C=O) groups is 1. The molecule has 108 valence electrons. The highest BCUT2D eigenvalue weighted by molar-refractivity contribution is 5.99. The Bertz CT molecular complexity index is 493. The number of likely N-dealkylation sites (N-methyl/N-ethyl adjacent to an activating group) is 1. The van der Waals surface area contributed by atoms with Crippen molar-refractivity contribution in [1.82, 2.24) is 10.2 Å². The Hall–Kier alpha value is -1.81. The summed E-state index contributed by atoms with van der Waals surface area (Å²) in [7, 11) is 0. The van der Waals surface area contributed by atoms with Gasteiger partial charge in [0.25, 0.3) is 5.91 Å². The first kappa shape index (κ1) is 14.6. The molecule has 0 aromatic heterocycles. The number of para-hydroxylation sites is 1. The lowest BCUT2D eigenvalue weighted by molar-refractivity contribution is -0.117.